The lowest BCUT2D eigenvalue weighted by atomic mass is 9.73. The molecule has 4 heteroatoms. The van der Waals surface area contributed by atoms with Gasteiger partial charge in [-0.1, -0.05) is 52.8 Å². The zero-order chi connectivity index (χ0) is 23.4. The predicted octanol–water partition coefficient (Wildman–Crippen LogP) is 6.83. The third kappa shape index (κ3) is 5.98. The second kappa shape index (κ2) is 10.3. The third-order valence-electron chi connectivity index (χ3n) is 6.85. The Kier molecular flexibility index (Phi) is 8.52. The van der Waals surface area contributed by atoms with Crippen molar-refractivity contribution in [1.29, 1.82) is 0 Å². The van der Waals surface area contributed by atoms with Crippen molar-refractivity contribution in [2.45, 2.75) is 98.5 Å². The Morgan fingerprint density at radius 2 is 1.68 bits per heavy atom. The number of carboxylic acids is 1. The Labute approximate surface area is 192 Å². The molecule has 0 saturated carbocycles. The van der Waals surface area contributed by atoms with Crippen molar-refractivity contribution in [1.82, 2.24) is 0 Å². The number of carboxylic acid groups (broad SMARTS) is 1. The van der Waals surface area contributed by atoms with Crippen LogP contribution in [-0.2, 0) is 23.1 Å². The van der Waals surface area contributed by atoms with Crippen molar-refractivity contribution < 1.29 is 15.0 Å². The smallest absolute Gasteiger partial charge is 0.303 e. The minimum absolute atomic E-state index is 0.0353. The molecule has 0 fully saturated rings. The molecule has 2 N–H and O–H groups in total. The van der Waals surface area contributed by atoms with E-state index in [0.717, 1.165) is 31.2 Å². The van der Waals surface area contributed by atoms with E-state index < -0.39 is 5.97 Å². The molecule has 0 aliphatic heterocycles. The van der Waals surface area contributed by atoms with Crippen LogP contribution in [0.1, 0.15) is 92.3 Å². The highest BCUT2D eigenvalue weighted by Gasteiger charge is 2.33. The first kappa shape index (κ1) is 25.6. The fourth-order valence-electron chi connectivity index (χ4n) is 4.37. The van der Waals surface area contributed by atoms with E-state index in [2.05, 4.69) is 72.7 Å². The number of aliphatic carboxylic acids is 1. The molecule has 0 saturated heterocycles. The van der Waals surface area contributed by atoms with E-state index in [1.807, 2.05) is 11.3 Å². The molecule has 2 rings (SSSR count). The average Bonchev–Trinajstić information content (AvgIpc) is 3.06. The van der Waals surface area contributed by atoms with Crippen LogP contribution < -0.4 is 0 Å². The van der Waals surface area contributed by atoms with E-state index in [0.29, 0.717) is 6.42 Å². The summed E-state index contributed by atoms with van der Waals surface area (Å²) in [6.07, 6.45) is 4.16. The van der Waals surface area contributed by atoms with Gasteiger partial charge in [0.25, 0.3) is 0 Å². The van der Waals surface area contributed by atoms with Gasteiger partial charge in [0.05, 0.1) is 6.10 Å². The maximum atomic E-state index is 11.0. The van der Waals surface area contributed by atoms with Crippen molar-refractivity contribution in [2.75, 3.05) is 0 Å². The normalized spacial score (nSPS) is 13.4. The van der Waals surface area contributed by atoms with Crippen LogP contribution in [0.2, 0.25) is 0 Å². The van der Waals surface area contributed by atoms with E-state index >= 15 is 0 Å². The minimum atomic E-state index is -0.752. The molecule has 0 amide bonds. The van der Waals surface area contributed by atoms with Gasteiger partial charge in [0, 0.05) is 21.6 Å². The van der Waals surface area contributed by atoms with Crippen LogP contribution in [0.5, 0.6) is 0 Å². The Hall–Kier alpha value is -1.65. The van der Waals surface area contributed by atoms with E-state index in [9.17, 15) is 9.90 Å². The van der Waals surface area contributed by atoms with Gasteiger partial charge in [0.1, 0.15) is 0 Å². The van der Waals surface area contributed by atoms with Crippen molar-refractivity contribution in [3.63, 3.8) is 0 Å². The number of hydrogen-bond acceptors (Lipinski definition) is 3. The number of rotatable bonds is 10. The largest absolute Gasteiger partial charge is 0.481 e. The number of benzene rings is 1. The van der Waals surface area contributed by atoms with Gasteiger partial charge in [-0.2, -0.15) is 0 Å². The van der Waals surface area contributed by atoms with Crippen LogP contribution in [-0.4, -0.2) is 22.3 Å². The summed E-state index contributed by atoms with van der Waals surface area (Å²) < 4.78 is 0. The highest BCUT2D eigenvalue weighted by molar-refractivity contribution is 7.12. The van der Waals surface area contributed by atoms with Crippen LogP contribution in [0.25, 0.3) is 0 Å². The summed E-state index contributed by atoms with van der Waals surface area (Å²) in [6.45, 7) is 15.1. The van der Waals surface area contributed by atoms with Gasteiger partial charge in [0.2, 0.25) is 0 Å². The molecule has 0 spiro atoms. The molecule has 1 unspecified atom stereocenters. The molecule has 1 atom stereocenters. The Morgan fingerprint density at radius 3 is 2.19 bits per heavy atom. The van der Waals surface area contributed by atoms with Gasteiger partial charge in [-0.25, -0.2) is 0 Å². The molecular weight excluding hydrogens is 404 g/mol. The molecule has 3 nitrogen and oxygen atoms in total. The Bertz CT molecular complexity index is 884. The molecule has 0 radical (unpaired) electrons. The summed E-state index contributed by atoms with van der Waals surface area (Å²) in [5.74, 6) is -0.752. The van der Waals surface area contributed by atoms with Crippen LogP contribution in [0.3, 0.4) is 0 Å². The van der Waals surface area contributed by atoms with Crippen molar-refractivity contribution >= 4 is 17.3 Å². The summed E-state index contributed by atoms with van der Waals surface area (Å²) in [5, 5.41) is 19.5. The number of carbonyl (C=O) groups is 1. The van der Waals surface area contributed by atoms with Crippen molar-refractivity contribution in [3.8, 4) is 0 Å². The van der Waals surface area contributed by atoms with Crippen LogP contribution in [0, 0.1) is 19.3 Å². The zero-order valence-corrected chi connectivity index (χ0v) is 21.2. The number of aliphatic hydroxyl groups excluding tert-OH is 1. The summed E-state index contributed by atoms with van der Waals surface area (Å²) in [6, 6.07) is 8.94. The monoisotopic (exact) mass is 444 g/mol. The summed E-state index contributed by atoms with van der Waals surface area (Å²) in [4.78, 5) is 13.7. The molecule has 172 valence electrons. The first-order chi connectivity index (χ1) is 14.4. The molecule has 1 aromatic carbocycles. The highest BCUT2D eigenvalue weighted by atomic mass is 32.1. The number of aryl methyl sites for hydroxylation is 4. The van der Waals surface area contributed by atoms with Gasteiger partial charge in [-0.05, 0) is 79.7 Å². The van der Waals surface area contributed by atoms with Crippen molar-refractivity contribution in [2.24, 2.45) is 5.41 Å². The van der Waals surface area contributed by atoms with E-state index in [-0.39, 0.29) is 23.4 Å². The number of hydrogen-bond donors (Lipinski definition) is 2. The third-order valence-corrected chi connectivity index (χ3v) is 8.35. The summed E-state index contributed by atoms with van der Waals surface area (Å²) in [5.41, 5.74) is 4.80. The van der Waals surface area contributed by atoms with Crippen molar-refractivity contribution in [3.05, 3.63) is 56.3 Å². The lowest BCUT2D eigenvalue weighted by Crippen LogP contribution is -2.26. The maximum Gasteiger partial charge on any atom is 0.303 e. The first-order valence-electron chi connectivity index (χ1n) is 11.5. The fourth-order valence-corrected chi connectivity index (χ4v) is 5.91. The highest BCUT2D eigenvalue weighted by Crippen LogP contribution is 2.44. The Balaban J connectivity index is 2.34. The Morgan fingerprint density at radius 1 is 1.03 bits per heavy atom. The topological polar surface area (TPSA) is 57.5 Å². The molecular formula is C27H40O3S. The summed E-state index contributed by atoms with van der Waals surface area (Å²) >= 11 is 1.90. The number of aliphatic hydroxyl groups is 1. The fraction of sp³-hybridized carbons (Fsp3) is 0.593. The van der Waals surface area contributed by atoms with Gasteiger partial charge in [0.15, 0.2) is 0 Å². The quantitative estimate of drug-likeness (QED) is 0.422. The molecule has 0 bridgehead atoms. The molecule has 1 aromatic heterocycles. The molecule has 2 aromatic rings. The number of thiophene rings is 1. The molecule has 0 aliphatic carbocycles. The molecule has 31 heavy (non-hydrogen) atoms. The van der Waals surface area contributed by atoms with Crippen LogP contribution in [0.4, 0.5) is 0 Å². The zero-order valence-electron chi connectivity index (χ0n) is 20.3. The van der Waals surface area contributed by atoms with Crippen LogP contribution in [0.15, 0.2) is 24.3 Å². The van der Waals surface area contributed by atoms with E-state index in [4.69, 9.17) is 5.11 Å². The van der Waals surface area contributed by atoms with Gasteiger partial charge >= 0.3 is 5.97 Å². The van der Waals surface area contributed by atoms with Gasteiger partial charge in [-0.3, -0.25) is 4.79 Å². The second-order valence-electron chi connectivity index (χ2n) is 9.96. The van der Waals surface area contributed by atoms with E-state index in [1.54, 1.807) is 0 Å². The first-order valence-corrected chi connectivity index (χ1v) is 12.4. The lowest BCUT2D eigenvalue weighted by Gasteiger charge is -2.32. The minimum Gasteiger partial charge on any atom is -0.481 e. The standard InChI is InChI=1S/C27H40O3S/c1-8-27(9-2,21-12-10-20(18(3)16-21)11-15-25(29)30)24-17-19(4)22(31-24)13-14-23(28)26(5,6)7/h10,12,16-17,23,28H,8-9,11,13-15H2,1-7H3,(H,29,30). The predicted molar refractivity (Wildman–Crippen MR) is 131 cm³/mol. The molecule has 0 aliphatic rings. The average molecular weight is 445 g/mol. The van der Waals surface area contributed by atoms with Gasteiger partial charge in [-0.15, -0.1) is 11.3 Å². The SMILES string of the molecule is CCC(CC)(c1ccc(CCC(=O)O)c(C)c1)c1cc(C)c(CCC(O)C(C)(C)C)s1. The lowest BCUT2D eigenvalue weighted by molar-refractivity contribution is -0.136. The van der Waals surface area contributed by atoms with Gasteiger partial charge < -0.3 is 10.2 Å². The van der Waals surface area contributed by atoms with Crippen LogP contribution >= 0.6 is 11.3 Å². The summed E-state index contributed by atoms with van der Waals surface area (Å²) in [7, 11) is 0. The van der Waals surface area contributed by atoms with E-state index in [1.165, 1.54) is 26.4 Å². The molecule has 1 heterocycles. The second-order valence-corrected chi connectivity index (χ2v) is 11.1. The maximum absolute atomic E-state index is 11.0.